The predicted molar refractivity (Wildman–Crippen MR) is 68.4 cm³/mol. The first-order chi connectivity index (χ1) is 8.70. The second-order valence-corrected chi connectivity index (χ2v) is 4.83. The number of aryl methyl sites for hydroxylation is 1. The van der Waals surface area contributed by atoms with Crippen LogP contribution in [0.2, 0.25) is 0 Å². The number of H-pyrrole nitrogens is 1. The Morgan fingerprint density at radius 2 is 2.39 bits per heavy atom. The van der Waals surface area contributed by atoms with Gasteiger partial charge < -0.3 is 10.2 Å². The first-order valence-electron chi connectivity index (χ1n) is 6.60. The fourth-order valence-corrected chi connectivity index (χ4v) is 2.24. The summed E-state index contributed by atoms with van der Waals surface area (Å²) in [6.07, 6.45) is 4.14. The third-order valence-corrected chi connectivity index (χ3v) is 3.21. The van der Waals surface area contributed by atoms with Crippen LogP contribution in [0.25, 0.3) is 0 Å². The van der Waals surface area contributed by atoms with Crippen LogP contribution in [-0.4, -0.2) is 52.2 Å². The number of likely N-dealkylation sites (N-methyl/N-ethyl adjacent to an activating group) is 1. The maximum atomic E-state index is 12.1. The number of aromatic amines is 1. The molecule has 1 aliphatic heterocycles. The number of aromatic nitrogens is 3. The maximum absolute atomic E-state index is 12.1. The normalized spacial score (nSPS) is 19.1. The Labute approximate surface area is 107 Å². The molecule has 6 nitrogen and oxygen atoms in total. The predicted octanol–water partition coefficient (Wildman–Crippen LogP) is 0.581. The van der Waals surface area contributed by atoms with E-state index in [4.69, 9.17) is 0 Å². The first kappa shape index (κ1) is 13.0. The van der Waals surface area contributed by atoms with Crippen LogP contribution in [-0.2, 0) is 6.42 Å². The van der Waals surface area contributed by atoms with Crippen LogP contribution in [0, 0.1) is 0 Å². The summed E-state index contributed by atoms with van der Waals surface area (Å²) >= 11 is 0. The highest BCUT2D eigenvalue weighted by atomic mass is 16.2. The molecule has 1 saturated heterocycles. The number of carbonyl (C=O) groups excluding carboxylic acids is 1. The van der Waals surface area contributed by atoms with Gasteiger partial charge in [-0.25, -0.2) is 4.98 Å². The van der Waals surface area contributed by atoms with Gasteiger partial charge in [0.1, 0.15) is 5.82 Å². The average Bonchev–Trinajstić information content (AvgIpc) is 3.00. The lowest BCUT2D eigenvalue weighted by molar-refractivity contribution is 0.0772. The molecule has 2 heterocycles. The third kappa shape index (κ3) is 3.07. The van der Waals surface area contributed by atoms with Gasteiger partial charge in [0.2, 0.25) is 5.82 Å². The van der Waals surface area contributed by atoms with Crippen molar-refractivity contribution in [1.82, 2.24) is 25.4 Å². The van der Waals surface area contributed by atoms with Crippen LogP contribution >= 0.6 is 0 Å². The molecule has 1 aromatic rings. The quantitative estimate of drug-likeness (QED) is 0.803. The van der Waals surface area contributed by atoms with E-state index < -0.39 is 0 Å². The van der Waals surface area contributed by atoms with Crippen LogP contribution in [0.1, 0.15) is 42.6 Å². The fourth-order valence-electron chi connectivity index (χ4n) is 2.24. The summed E-state index contributed by atoms with van der Waals surface area (Å²) in [6.45, 7) is 3.84. The van der Waals surface area contributed by atoms with Crippen molar-refractivity contribution in [3.8, 4) is 0 Å². The molecular formula is C12H21N5O. The molecule has 100 valence electrons. The number of hydrogen-bond donors (Lipinski definition) is 2. The lowest BCUT2D eigenvalue weighted by Crippen LogP contribution is -2.39. The summed E-state index contributed by atoms with van der Waals surface area (Å²) in [5.41, 5.74) is 0. The lowest BCUT2D eigenvalue weighted by Gasteiger charge is -2.19. The average molecular weight is 251 g/mol. The molecule has 0 spiro atoms. The number of carbonyl (C=O) groups is 1. The Bertz CT molecular complexity index is 397. The minimum Gasteiger partial charge on any atom is -0.337 e. The molecule has 0 saturated carbocycles. The van der Waals surface area contributed by atoms with Crippen LogP contribution in [0.15, 0.2) is 0 Å². The zero-order valence-electron chi connectivity index (χ0n) is 11.1. The number of nitrogens with zero attached hydrogens (tertiary/aromatic N) is 3. The van der Waals surface area contributed by atoms with Crippen molar-refractivity contribution >= 4 is 5.91 Å². The molecule has 1 aromatic heterocycles. The molecule has 2 N–H and O–H groups in total. The SMILES string of the molecule is CCCc1nc(C(=O)N(C)CC2CCCN2)n[nH]1. The van der Waals surface area contributed by atoms with E-state index >= 15 is 0 Å². The van der Waals surface area contributed by atoms with Gasteiger partial charge in [-0.3, -0.25) is 9.89 Å². The molecule has 6 heteroatoms. The molecule has 1 atom stereocenters. The molecule has 0 aromatic carbocycles. The van der Waals surface area contributed by atoms with Gasteiger partial charge in [-0.05, 0) is 25.8 Å². The van der Waals surface area contributed by atoms with Gasteiger partial charge in [-0.15, -0.1) is 5.10 Å². The minimum absolute atomic E-state index is 0.109. The summed E-state index contributed by atoms with van der Waals surface area (Å²) in [6, 6.07) is 0.410. The van der Waals surface area contributed by atoms with Gasteiger partial charge in [-0.2, -0.15) is 0 Å². The summed E-state index contributed by atoms with van der Waals surface area (Å²) in [7, 11) is 1.80. The van der Waals surface area contributed by atoms with Crippen LogP contribution in [0.4, 0.5) is 0 Å². The van der Waals surface area contributed by atoms with E-state index in [0.717, 1.165) is 38.2 Å². The molecule has 1 amide bonds. The standard InChI is InChI=1S/C12H21N5O/c1-3-5-10-14-11(16-15-10)12(18)17(2)8-9-6-4-7-13-9/h9,13H,3-8H2,1-2H3,(H,14,15,16). The third-order valence-electron chi connectivity index (χ3n) is 3.21. The van der Waals surface area contributed by atoms with Crippen LogP contribution in [0.5, 0.6) is 0 Å². The fraction of sp³-hybridized carbons (Fsp3) is 0.750. The van der Waals surface area contributed by atoms with Crippen molar-refractivity contribution in [2.45, 2.75) is 38.6 Å². The van der Waals surface area contributed by atoms with E-state index in [2.05, 4.69) is 27.4 Å². The van der Waals surface area contributed by atoms with E-state index in [1.165, 1.54) is 6.42 Å². The Balaban J connectivity index is 1.91. The topological polar surface area (TPSA) is 73.9 Å². The van der Waals surface area contributed by atoms with Crippen molar-refractivity contribution < 1.29 is 4.79 Å². The van der Waals surface area contributed by atoms with E-state index in [1.807, 2.05) is 0 Å². The molecular weight excluding hydrogens is 230 g/mol. The Morgan fingerprint density at radius 1 is 1.56 bits per heavy atom. The largest absolute Gasteiger partial charge is 0.337 e. The van der Waals surface area contributed by atoms with Gasteiger partial charge in [0, 0.05) is 26.1 Å². The van der Waals surface area contributed by atoms with Gasteiger partial charge in [0.15, 0.2) is 0 Å². The van der Waals surface area contributed by atoms with E-state index in [1.54, 1.807) is 11.9 Å². The highest BCUT2D eigenvalue weighted by molar-refractivity contribution is 5.90. The lowest BCUT2D eigenvalue weighted by atomic mass is 10.2. The number of hydrogen-bond acceptors (Lipinski definition) is 4. The summed E-state index contributed by atoms with van der Waals surface area (Å²) in [4.78, 5) is 18.0. The van der Waals surface area contributed by atoms with E-state index in [-0.39, 0.29) is 11.7 Å². The molecule has 0 radical (unpaired) electrons. The van der Waals surface area contributed by atoms with Gasteiger partial charge >= 0.3 is 0 Å². The van der Waals surface area contributed by atoms with Crippen LogP contribution in [0.3, 0.4) is 0 Å². The summed E-state index contributed by atoms with van der Waals surface area (Å²) < 4.78 is 0. The summed E-state index contributed by atoms with van der Waals surface area (Å²) in [5.74, 6) is 0.953. The number of rotatable bonds is 5. The van der Waals surface area contributed by atoms with Gasteiger partial charge in [0.05, 0.1) is 0 Å². The van der Waals surface area contributed by atoms with Crippen molar-refractivity contribution in [1.29, 1.82) is 0 Å². The van der Waals surface area contributed by atoms with Crippen molar-refractivity contribution in [2.24, 2.45) is 0 Å². The second kappa shape index (κ2) is 5.95. The molecule has 1 unspecified atom stereocenters. The Morgan fingerprint density at radius 3 is 3.06 bits per heavy atom. The molecule has 1 aliphatic rings. The minimum atomic E-state index is -0.109. The molecule has 2 rings (SSSR count). The smallest absolute Gasteiger partial charge is 0.293 e. The van der Waals surface area contributed by atoms with E-state index in [0.29, 0.717) is 6.04 Å². The zero-order chi connectivity index (χ0) is 13.0. The molecule has 1 fully saturated rings. The Kier molecular flexibility index (Phi) is 4.30. The van der Waals surface area contributed by atoms with Gasteiger partial charge in [0.25, 0.3) is 5.91 Å². The van der Waals surface area contributed by atoms with Crippen molar-refractivity contribution in [2.75, 3.05) is 20.1 Å². The maximum Gasteiger partial charge on any atom is 0.293 e. The Hall–Kier alpha value is -1.43. The molecule has 0 aliphatic carbocycles. The first-order valence-corrected chi connectivity index (χ1v) is 6.60. The highest BCUT2D eigenvalue weighted by Gasteiger charge is 2.22. The zero-order valence-corrected chi connectivity index (χ0v) is 11.1. The van der Waals surface area contributed by atoms with E-state index in [9.17, 15) is 4.79 Å². The van der Waals surface area contributed by atoms with Gasteiger partial charge in [-0.1, -0.05) is 6.92 Å². The second-order valence-electron chi connectivity index (χ2n) is 4.83. The number of amides is 1. The molecule has 18 heavy (non-hydrogen) atoms. The monoisotopic (exact) mass is 251 g/mol. The summed E-state index contributed by atoms with van der Waals surface area (Å²) in [5, 5.41) is 10.2. The van der Waals surface area contributed by atoms with Crippen molar-refractivity contribution in [3.05, 3.63) is 11.6 Å². The van der Waals surface area contributed by atoms with Crippen LogP contribution < -0.4 is 5.32 Å². The number of nitrogens with one attached hydrogen (secondary N) is 2. The highest BCUT2D eigenvalue weighted by Crippen LogP contribution is 2.07. The van der Waals surface area contributed by atoms with Crippen molar-refractivity contribution in [3.63, 3.8) is 0 Å². The molecule has 0 bridgehead atoms.